The Balaban J connectivity index is 1.89. The first-order valence-corrected chi connectivity index (χ1v) is 7.22. The van der Waals surface area contributed by atoms with Crippen molar-refractivity contribution < 1.29 is 4.74 Å². The number of hydrogen-bond acceptors (Lipinski definition) is 2. The van der Waals surface area contributed by atoms with Gasteiger partial charge in [-0.05, 0) is 43.2 Å². The van der Waals surface area contributed by atoms with Gasteiger partial charge in [0.05, 0.1) is 6.10 Å². The fraction of sp³-hybridized carbons (Fsp3) is 0.294. The zero-order valence-electron chi connectivity index (χ0n) is 11.9. The molecule has 2 aromatic carbocycles. The average Bonchev–Trinajstić information content (AvgIpc) is 2.41. The van der Waals surface area contributed by atoms with Gasteiger partial charge in [-0.3, -0.25) is 0 Å². The molecule has 0 bridgehead atoms. The van der Waals surface area contributed by atoms with Gasteiger partial charge >= 0.3 is 0 Å². The summed E-state index contributed by atoms with van der Waals surface area (Å²) in [6, 6.07) is 16.1. The van der Waals surface area contributed by atoms with Crippen molar-refractivity contribution >= 4 is 11.6 Å². The summed E-state index contributed by atoms with van der Waals surface area (Å²) >= 11 is 6.13. The molecule has 0 radical (unpaired) electrons. The van der Waals surface area contributed by atoms with E-state index in [0.29, 0.717) is 0 Å². The van der Waals surface area contributed by atoms with Crippen molar-refractivity contribution in [1.82, 2.24) is 5.32 Å². The van der Waals surface area contributed by atoms with Crippen LogP contribution in [-0.2, 0) is 13.1 Å². The third-order valence-corrected chi connectivity index (χ3v) is 3.24. The maximum Gasteiger partial charge on any atom is 0.120 e. The first-order chi connectivity index (χ1) is 9.65. The maximum atomic E-state index is 6.13. The molecule has 0 amide bonds. The molecule has 0 atom stereocenters. The van der Waals surface area contributed by atoms with Crippen molar-refractivity contribution in [1.29, 1.82) is 0 Å². The summed E-state index contributed by atoms with van der Waals surface area (Å²) < 4.78 is 5.69. The average molecular weight is 290 g/mol. The summed E-state index contributed by atoms with van der Waals surface area (Å²) in [7, 11) is 0. The Kier molecular flexibility index (Phi) is 5.45. The van der Waals surface area contributed by atoms with Crippen molar-refractivity contribution in [2.45, 2.75) is 33.0 Å². The third kappa shape index (κ3) is 4.55. The molecule has 0 aromatic heterocycles. The predicted molar refractivity (Wildman–Crippen MR) is 84.2 cm³/mol. The van der Waals surface area contributed by atoms with Crippen LogP contribution in [0.25, 0.3) is 0 Å². The summed E-state index contributed by atoms with van der Waals surface area (Å²) in [4.78, 5) is 0. The summed E-state index contributed by atoms with van der Waals surface area (Å²) in [5.74, 6) is 0.914. The highest BCUT2D eigenvalue weighted by Gasteiger charge is 2.01. The highest BCUT2D eigenvalue weighted by Crippen LogP contribution is 2.16. The lowest BCUT2D eigenvalue weighted by Crippen LogP contribution is -2.13. The normalized spacial score (nSPS) is 10.8. The fourth-order valence-corrected chi connectivity index (χ4v) is 2.19. The molecular weight excluding hydrogens is 270 g/mol. The van der Waals surface area contributed by atoms with Crippen molar-refractivity contribution in [3.05, 3.63) is 64.7 Å². The minimum atomic E-state index is 0.196. The first-order valence-electron chi connectivity index (χ1n) is 6.85. The number of rotatable bonds is 6. The van der Waals surface area contributed by atoms with Crippen LogP contribution < -0.4 is 10.1 Å². The number of halogens is 1. The molecule has 0 aliphatic heterocycles. The molecule has 0 saturated carbocycles. The fourth-order valence-electron chi connectivity index (χ4n) is 1.98. The van der Waals surface area contributed by atoms with Gasteiger partial charge in [0, 0.05) is 18.1 Å². The topological polar surface area (TPSA) is 21.3 Å². The van der Waals surface area contributed by atoms with Gasteiger partial charge in [0.1, 0.15) is 5.75 Å². The van der Waals surface area contributed by atoms with E-state index in [1.165, 1.54) is 5.56 Å². The second kappa shape index (κ2) is 7.32. The summed E-state index contributed by atoms with van der Waals surface area (Å²) in [5.41, 5.74) is 2.32. The standard InChI is InChI=1S/C17H20ClNO/c1-13(2)20-16-8-5-6-14(10-16)11-19-12-15-7-3-4-9-17(15)18/h3-10,13,19H,11-12H2,1-2H3. The van der Waals surface area contributed by atoms with Gasteiger partial charge in [-0.25, -0.2) is 0 Å². The Bertz CT molecular complexity index is 554. The Hall–Kier alpha value is -1.51. The quantitative estimate of drug-likeness (QED) is 0.850. The maximum absolute atomic E-state index is 6.13. The van der Waals surface area contributed by atoms with Gasteiger partial charge in [-0.15, -0.1) is 0 Å². The molecule has 0 fully saturated rings. The Morgan fingerprint density at radius 1 is 1.05 bits per heavy atom. The van der Waals surface area contributed by atoms with E-state index < -0.39 is 0 Å². The molecule has 2 rings (SSSR count). The highest BCUT2D eigenvalue weighted by molar-refractivity contribution is 6.31. The lowest BCUT2D eigenvalue weighted by Gasteiger charge is -2.11. The molecular formula is C17H20ClNO. The molecule has 3 heteroatoms. The summed E-state index contributed by atoms with van der Waals surface area (Å²) in [5, 5.41) is 4.20. The SMILES string of the molecule is CC(C)Oc1cccc(CNCc2ccccc2Cl)c1. The monoisotopic (exact) mass is 289 g/mol. The summed E-state index contributed by atoms with van der Waals surface area (Å²) in [6.45, 7) is 5.61. The molecule has 0 aliphatic carbocycles. The van der Waals surface area contributed by atoms with Gasteiger partial charge in [-0.2, -0.15) is 0 Å². The molecule has 0 saturated heterocycles. The van der Waals surface area contributed by atoms with E-state index in [1.807, 2.05) is 50.2 Å². The zero-order chi connectivity index (χ0) is 14.4. The van der Waals surface area contributed by atoms with Crippen LogP contribution in [-0.4, -0.2) is 6.10 Å². The Morgan fingerprint density at radius 2 is 1.85 bits per heavy atom. The highest BCUT2D eigenvalue weighted by atomic mass is 35.5. The van der Waals surface area contributed by atoms with Gasteiger partial charge in [0.2, 0.25) is 0 Å². The molecule has 0 unspecified atom stereocenters. The summed E-state index contributed by atoms with van der Waals surface area (Å²) in [6.07, 6.45) is 0.196. The van der Waals surface area contributed by atoms with E-state index in [9.17, 15) is 0 Å². The van der Waals surface area contributed by atoms with E-state index in [2.05, 4.69) is 17.4 Å². The number of nitrogens with one attached hydrogen (secondary N) is 1. The number of benzene rings is 2. The number of hydrogen-bond donors (Lipinski definition) is 1. The molecule has 2 nitrogen and oxygen atoms in total. The zero-order valence-corrected chi connectivity index (χ0v) is 12.7. The van der Waals surface area contributed by atoms with Crippen LogP contribution in [0.15, 0.2) is 48.5 Å². The van der Waals surface area contributed by atoms with E-state index in [1.54, 1.807) is 0 Å². The molecule has 0 heterocycles. The van der Waals surface area contributed by atoms with Crippen molar-refractivity contribution in [3.63, 3.8) is 0 Å². The first kappa shape index (κ1) is 14.9. The van der Waals surface area contributed by atoms with Crippen molar-refractivity contribution in [3.8, 4) is 5.75 Å². The van der Waals surface area contributed by atoms with Crippen LogP contribution in [0.2, 0.25) is 5.02 Å². The van der Waals surface area contributed by atoms with Gasteiger partial charge in [0.25, 0.3) is 0 Å². The molecule has 106 valence electrons. The molecule has 1 N–H and O–H groups in total. The third-order valence-electron chi connectivity index (χ3n) is 2.87. The second-order valence-corrected chi connectivity index (χ2v) is 5.42. The van der Waals surface area contributed by atoms with Gasteiger partial charge in [-0.1, -0.05) is 41.9 Å². The Labute approximate surface area is 125 Å². The van der Waals surface area contributed by atoms with E-state index in [0.717, 1.165) is 29.4 Å². The smallest absolute Gasteiger partial charge is 0.120 e. The minimum absolute atomic E-state index is 0.196. The van der Waals surface area contributed by atoms with Crippen LogP contribution in [0.5, 0.6) is 5.75 Å². The second-order valence-electron chi connectivity index (χ2n) is 5.01. The van der Waals surface area contributed by atoms with E-state index in [4.69, 9.17) is 16.3 Å². The van der Waals surface area contributed by atoms with Gasteiger partial charge in [0.15, 0.2) is 0 Å². The molecule has 20 heavy (non-hydrogen) atoms. The van der Waals surface area contributed by atoms with Crippen molar-refractivity contribution in [2.24, 2.45) is 0 Å². The Morgan fingerprint density at radius 3 is 2.60 bits per heavy atom. The largest absolute Gasteiger partial charge is 0.491 e. The molecule has 0 aliphatic rings. The predicted octanol–water partition coefficient (Wildman–Crippen LogP) is 4.42. The lowest BCUT2D eigenvalue weighted by molar-refractivity contribution is 0.242. The molecule has 0 spiro atoms. The van der Waals surface area contributed by atoms with E-state index in [-0.39, 0.29) is 6.10 Å². The van der Waals surface area contributed by atoms with Crippen LogP contribution in [0.1, 0.15) is 25.0 Å². The number of ether oxygens (including phenoxy) is 1. The van der Waals surface area contributed by atoms with Crippen LogP contribution in [0.4, 0.5) is 0 Å². The van der Waals surface area contributed by atoms with Crippen molar-refractivity contribution in [2.75, 3.05) is 0 Å². The van der Waals surface area contributed by atoms with E-state index >= 15 is 0 Å². The van der Waals surface area contributed by atoms with Gasteiger partial charge < -0.3 is 10.1 Å². The van der Waals surface area contributed by atoms with Crippen LogP contribution in [0.3, 0.4) is 0 Å². The molecule has 2 aromatic rings. The minimum Gasteiger partial charge on any atom is -0.491 e. The van der Waals surface area contributed by atoms with Crippen LogP contribution in [0, 0.1) is 0 Å². The van der Waals surface area contributed by atoms with Crippen LogP contribution >= 0.6 is 11.6 Å². The lowest BCUT2D eigenvalue weighted by atomic mass is 10.2.